The highest BCUT2D eigenvalue weighted by molar-refractivity contribution is 14.0. The lowest BCUT2D eigenvalue weighted by Gasteiger charge is -2.35. The Labute approximate surface area is 160 Å². The van der Waals surface area contributed by atoms with E-state index in [0.717, 1.165) is 19.0 Å². The van der Waals surface area contributed by atoms with Crippen molar-refractivity contribution in [1.82, 2.24) is 20.4 Å². The molecular formula is C17H38IN5. The number of piperidine rings is 1. The molecule has 0 amide bonds. The molecule has 0 radical (unpaired) electrons. The molecule has 0 aromatic rings. The van der Waals surface area contributed by atoms with Crippen molar-refractivity contribution in [3.63, 3.8) is 0 Å². The van der Waals surface area contributed by atoms with Gasteiger partial charge >= 0.3 is 0 Å². The first kappa shape index (κ1) is 22.9. The van der Waals surface area contributed by atoms with E-state index in [4.69, 9.17) is 4.99 Å². The molecule has 0 bridgehead atoms. The van der Waals surface area contributed by atoms with Gasteiger partial charge in [0.1, 0.15) is 0 Å². The van der Waals surface area contributed by atoms with Crippen molar-refractivity contribution in [2.75, 3.05) is 40.3 Å². The number of halogens is 1. The molecule has 0 aliphatic carbocycles. The van der Waals surface area contributed by atoms with E-state index in [9.17, 15) is 0 Å². The maximum absolute atomic E-state index is 4.79. The molecule has 1 aliphatic heterocycles. The van der Waals surface area contributed by atoms with Crippen molar-refractivity contribution in [3.8, 4) is 0 Å². The second-order valence-electron chi connectivity index (χ2n) is 7.45. The molecular weight excluding hydrogens is 401 g/mol. The molecule has 1 saturated heterocycles. The molecule has 1 rings (SSSR count). The number of hydrogen-bond donors (Lipinski definition) is 2. The zero-order chi connectivity index (χ0) is 16.8. The summed E-state index contributed by atoms with van der Waals surface area (Å²) in [4.78, 5) is 9.57. The topological polar surface area (TPSA) is 42.9 Å². The molecule has 0 aromatic heterocycles. The highest BCUT2D eigenvalue weighted by Crippen LogP contribution is 2.13. The van der Waals surface area contributed by atoms with Crippen LogP contribution >= 0.6 is 24.0 Å². The second kappa shape index (κ2) is 10.7. The molecule has 138 valence electrons. The number of hydrogen-bond acceptors (Lipinski definition) is 3. The van der Waals surface area contributed by atoms with E-state index in [1.165, 1.54) is 25.9 Å². The number of rotatable bonds is 6. The lowest BCUT2D eigenvalue weighted by molar-refractivity contribution is 0.167. The smallest absolute Gasteiger partial charge is 0.191 e. The van der Waals surface area contributed by atoms with Gasteiger partial charge in [-0.1, -0.05) is 0 Å². The van der Waals surface area contributed by atoms with Gasteiger partial charge in [0.25, 0.3) is 0 Å². The van der Waals surface area contributed by atoms with Crippen LogP contribution < -0.4 is 10.6 Å². The molecule has 6 heteroatoms. The zero-order valence-electron chi connectivity index (χ0n) is 16.1. The molecule has 23 heavy (non-hydrogen) atoms. The Kier molecular flexibility index (Phi) is 10.7. The first-order valence-corrected chi connectivity index (χ1v) is 8.72. The van der Waals surface area contributed by atoms with Crippen LogP contribution in [0.2, 0.25) is 0 Å². The van der Waals surface area contributed by atoms with Crippen LogP contribution in [0.3, 0.4) is 0 Å². The summed E-state index contributed by atoms with van der Waals surface area (Å²) in [6.45, 7) is 15.2. The minimum Gasteiger partial charge on any atom is -0.357 e. The van der Waals surface area contributed by atoms with E-state index in [1.807, 2.05) is 0 Å². The number of aliphatic imine (C=N–C) groups is 1. The van der Waals surface area contributed by atoms with Gasteiger partial charge in [-0.2, -0.15) is 0 Å². The fourth-order valence-electron chi connectivity index (χ4n) is 2.49. The normalized spacial score (nSPS) is 18.2. The first-order chi connectivity index (χ1) is 10.3. The molecule has 0 spiro atoms. The van der Waals surface area contributed by atoms with E-state index >= 15 is 0 Å². The summed E-state index contributed by atoms with van der Waals surface area (Å²) in [6.07, 6.45) is 2.39. The summed E-state index contributed by atoms with van der Waals surface area (Å²) in [5.41, 5.74) is 0.0728. The van der Waals surface area contributed by atoms with Crippen LogP contribution in [0.1, 0.15) is 47.5 Å². The van der Waals surface area contributed by atoms with E-state index in [1.54, 1.807) is 0 Å². The molecule has 0 saturated carbocycles. The number of likely N-dealkylation sites (tertiary alicyclic amines) is 1. The average Bonchev–Trinajstić information content (AvgIpc) is 2.45. The maximum atomic E-state index is 4.79. The molecule has 0 unspecified atom stereocenters. The Morgan fingerprint density at radius 3 is 2.26 bits per heavy atom. The molecule has 0 aromatic carbocycles. The summed E-state index contributed by atoms with van der Waals surface area (Å²) in [5.74, 6) is 0.959. The SMILES string of the molecule is CCNC(=NCC(C)(C)N(C)C)NC1CCN(C(C)C)CC1.I. The zero-order valence-corrected chi connectivity index (χ0v) is 18.5. The van der Waals surface area contributed by atoms with Crippen molar-refractivity contribution >= 4 is 29.9 Å². The van der Waals surface area contributed by atoms with Gasteiger partial charge in [-0.3, -0.25) is 4.99 Å². The van der Waals surface area contributed by atoms with Crippen molar-refractivity contribution in [2.24, 2.45) is 4.99 Å². The molecule has 5 nitrogen and oxygen atoms in total. The van der Waals surface area contributed by atoms with Crippen molar-refractivity contribution in [3.05, 3.63) is 0 Å². The van der Waals surface area contributed by atoms with Gasteiger partial charge in [0.15, 0.2) is 5.96 Å². The Balaban J connectivity index is 0.00000484. The third kappa shape index (κ3) is 8.03. The predicted molar refractivity (Wildman–Crippen MR) is 112 cm³/mol. The van der Waals surface area contributed by atoms with E-state index in [0.29, 0.717) is 12.1 Å². The Morgan fingerprint density at radius 2 is 1.83 bits per heavy atom. The van der Waals surface area contributed by atoms with E-state index in [2.05, 4.69) is 69.1 Å². The lowest BCUT2D eigenvalue weighted by Crippen LogP contribution is -2.50. The first-order valence-electron chi connectivity index (χ1n) is 8.72. The predicted octanol–water partition coefficient (Wildman–Crippen LogP) is 2.37. The van der Waals surface area contributed by atoms with Crippen LogP contribution in [-0.2, 0) is 0 Å². The van der Waals surface area contributed by atoms with Crippen molar-refractivity contribution in [1.29, 1.82) is 0 Å². The molecule has 2 N–H and O–H groups in total. The number of nitrogens with one attached hydrogen (secondary N) is 2. The highest BCUT2D eigenvalue weighted by atomic mass is 127. The maximum Gasteiger partial charge on any atom is 0.191 e. The summed E-state index contributed by atoms with van der Waals surface area (Å²) < 4.78 is 0. The highest BCUT2D eigenvalue weighted by Gasteiger charge is 2.23. The van der Waals surface area contributed by atoms with Crippen molar-refractivity contribution in [2.45, 2.75) is 65.1 Å². The van der Waals surface area contributed by atoms with Gasteiger partial charge in [0.05, 0.1) is 6.54 Å². The monoisotopic (exact) mass is 439 g/mol. The summed E-state index contributed by atoms with van der Waals surface area (Å²) in [6, 6.07) is 1.19. The van der Waals surface area contributed by atoms with Crippen LogP contribution in [0, 0.1) is 0 Å². The van der Waals surface area contributed by atoms with Gasteiger partial charge in [0.2, 0.25) is 0 Å². The largest absolute Gasteiger partial charge is 0.357 e. The summed E-state index contributed by atoms with van der Waals surface area (Å²) in [5, 5.41) is 7.00. The molecule has 1 fully saturated rings. The van der Waals surface area contributed by atoms with Crippen LogP contribution in [0.4, 0.5) is 0 Å². The summed E-state index contributed by atoms with van der Waals surface area (Å²) >= 11 is 0. The van der Waals surface area contributed by atoms with E-state index < -0.39 is 0 Å². The Morgan fingerprint density at radius 1 is 1.26 bits per heavy atom. The quantitative estimate of drug-likeness (QED) is 0.379. The second-order valence-corrected chi connectivity index (χ2v) is 7.45. The number of likely N-dealkylation sites (N-methyl/N-ethyl adjacent to an activating group) is 1. The standard InChI is InChI=1S/C17H37N5.HI/c1-8-18-16(19-13-17(4,5)21(6)7)20-15-9-11-22(12-10-15)14(2)3;/h14-15H,8-13H2,1-7H3,(H2,18,19,20);1H. The molecule has 1 aliphatic rings. The van der Waals surface area contributed by atoms with Crippen LogP contribution in [0.5, 0.6) is 0 Å². The Hall–Kier alpha value is -0.0800. The number of nitrogens with zero attached hydrogens (tertiary/aromatic N) is 3. The molecule has 1 heterocycles. The minimum atomic E-state index is 0. The van der Waals surface area contributed by atoms with Gasteiger partial charge in [-0.25, -0.2) is 0 Å². The minimum absolute atomic E-state index is 0. The lowest BCUT2D eigenvalue weighted by atomic mass is 10.0. The van der Waals surface area contributed by atoms with E-state index in [-0.39, 0.29) is 29.5 Å². The summed E-state index contributed by atoms with van der Waals surface area (Å²) in [7, 11) is 4.22. The van der Waals surface area contributed by atoms with Crippen LogP contribution in [0.15, 0.2) is 4.99 Å². The van der Waals surface area contributed by atoms with Gasteiger partial charge in [-0.15, -0.1) is 24.0 Å². The van der Waals surface area contributed by atoms with Crippen molar-refractivity contribution < 1.29 is 0 Å². The Bertz CT molecular complexity index is 347. The average molecular weight is 439 g/mol. The van der Waals surface area contributed by atoms with Gasteiger partial charge in [-0.05, 0) is 61.6 Å². The van der Waals surface area contributed by atoms with Gasteiger partial charge in [0, 0.05) is 37.3 Å². The fraction of sp³-hybridized carbons (Fsp3) is 0.941. The third-order valence-corrected chi connectivity index (χ3v) is 4.78. The number of guanidine groups is 1. The third-order valence-electron chi connectivity index (χ3n) is 4.78. The van der Waals surface area contributed by atoms with Gasteiger partial charge < -0.3 is 20.4 Å². The van der Waals surface area contributed by atoms with Crippen LogP contribution in [-0.4, -0.2) is 73.7 Å². The molecule has 0 atom stereocenters. The van der Waals surface area contributed by atoms with Crippen LogP contribution in [0.25, 0.3) is 0 Å². The fourth-order valence-corrected chi connectivity index (χ4v) is 2.49.